The first-order valence-electron chi connectivity index (χ1n) is 9.25. The van der Waals surface area contributed by atoms with Crippen molar-refractivity contribution in [2.45, 2.75) is 45.1 Å². The highest BCUT2D eigenvalue weighted by molar-refractivity contribution is 5.75. The molecule has 7 nitrogen and oxygen atoms in total. The molecule has 24 heavy (non-hydrogen) atoms. The Bertz CT molecular complexity index is 393. The van der Waals surface area contributed by atoms with Crippen LogP contribution in [0.2, 0.25) is 0 Å². The predicted molar refractivity (Wildman–Crippen MR) is 92.9 cm³/mol. The second-order valence-electron chi connectivity index (χ2n) is 6.70. The first kappa shape index (κ1) is 19.0. The third kappa shape index (κ3) is 7.05. The number of hydrogen-bond acceptors (Lipinski definition) is 4. The predicted octanol–water partition coefficient (Wildman–Crippen LogP) is 0.799. The topological polar surface area (TPSA) is 73.9 Å². The summed E-state index contributed by atoms with van der Waals surface area (Å²) in [6.07, 6.45) is 5.82. The van der Waals surface area contributed by atoms with Crippen molar-refractivity contribution in [2.75, 3.05) is 52.5 Å². The van der Waals surface area contributed by atoms with Crippen molar-refractivity contribution in [3.63, 3.8) is 0 Å². The molecule has 138 valence electrons. The fourth-order valence-electron chi connectivity index (χ4n) is 3.30. The Morgan fingerprint density at radius 2 is 1.83 bits per heavy atom. The summed E-state index contributed by atoms with van der Waals surface area (Å²) in [6, 6.07) is 0.197. The van der Waals surface area contributed by atoms with E-state index >= 15 is 0 Å². The average Bonchev–Trinajstić information content (AvgIpc) is 2.59. The summed E-state index contributed by atoms with van der Waals surface area (Å²) in [5, 5.41) is 5.91. The molecule has 2 fully saturated rings. The monoisotopic (exact) mass is 340 g/mol. The molecule has 0 bridgehead atoms. The number of ether oxygens (including phenoxy) is 1. The fraction of sp³-hybridized carbons (Fsp3) is 0.882. The van der Waals surface area contributed by atoms with E-state index in [1.54, 1.807) is 11.8 Å². The third-order valence-corrected chi connectivity index (χ3v) is 4.84. The first-order chi connectivity index (χ1) is 11.6. The maximum atomic E-state index is 11.9. The third-order valence-electron chi connectivity index (χ3n) is 4.84. The molecule has 0 radical (unpaired) electrons. The molecule has 7 heteroatoms. The Morgan fingerprint density at radius 1 is 1.12 bits per heavy atom. The van der Waals surface area contributed by atoms with Crippen LogP contribution in [0.15, 0.2) is 0 Å². The molecular formula is C17H32N4O3. The zero-order valence-electron chi connectivity index (χ0n) is 14.9. The number of morpholine rings is 1. The first-order valence-corrected chi connectivity index (χ1v) is 9.25. The maximum absolute atomic E-state index is 11.9. The van der Waals surface area contributed by atoms with Gasteiger partial charge in [0, 0.05) is 52.2 Å². The van der Waals surface area contributed by atoms with Gasteiger partial charge in [-0.3, -0.25) is 9.69 Å². The highest BCUT2D eigenvalue weighted by Crippen LogP contribution is 2.17. The van der Waals surface area contributed by atoms with E-state index in [-0.39, 0.29) is 11.9 Å². The van der Waals surface area contributed by atoms with E-state index in [0.29, 0.717) is 25.7 Å². The van der Waals surface area contributed by atoms with Gasteiger partial charge in [0.05, 0.1) is 13.2 Å². The number of carbonyl (C=O) groups excluding carboxylic acids is 2. The van der Waals surface area contributed by atoms with Gasteiger partial charge in [-0.15, -0.1) is 0 Å². The van der Waals surface area contributed by atoms with Crippen molar-refractivity contribution in [3.8, 4) is 0 Å². The van der Waals surface area contributed by atoms with Crippen LogP contribution >= 0.6 is 0 Å². The zero-order chi connectivity index (χ0) is 17.2. The molecule has 2 N–H and O–H groups in total. The Balaban J connectivity index is 1.61. The Morgan fingerprint density at radius 3 is 2.50 bits per heavy atom. The van der Waals surface area contributed by atoms with Crippen molar-refractivity contribution in [2.24, 2.45) is 0 Å². The van der Waals surface area contributed by atoms with Gasteiger partial charge >= 0.3 is 6.03 Å². The molecule has 0 spiro atoms. The van der Waals surface area contributed by atoms with Gasteiger partial charge in [-0.1, -0.05) is 19.3 Å². The summed E-state index contributed by atoms with van der Waals surface area (Å²) >= 11 is 0. The van der Waals surface area contributed by atoms with Crippen LogP contribution in [0.5, 0.6) is 0 Å². The van der Waals surface area contributed by atoms with Gasteiger partial charge in [-0.2, -0.15) is 0 Å². The molecule has 1 aliphatic heterocycles. The summed E-state index contributed by atoms with van der Waals surface area (Å²) in [5.41, 5.74) is 0. The number of hydrogen-bond donors (Lipinski definition) is 2. The lowest BCUT2D eigenvalue weighted by atomic mass is 9.96. The van der Waals surface area contributed by atoms with Crippen molar-refractivity contribution in [1.29, 1.82) is 0 Å². The van der Waals surface area contributed by atoms with Gasteiger partial charge in [0.2, 0.25) is 5.91 Å². The summed E-state index contributed by atoms with van der Waals surface area (Å²) < 4.78 is 5.33. The molecule has 0 unspecified atom stereocenters. The van der Waals surface area contributed by atoms with Crippen LogP contribution in [0.1, 0.15) is 39.0 Å². The SMILES string of the molecule is CC(=O)N(CCNC(=O)NC1CCCCC1)CCN1CCOCC1. The summed E-state index contributed by atoms with van der Waals surface area (Å²) in [5.74, 6) is 0.0535. The second-order valence-corrected chi connectivity index (χ2v) is 6.70. The minimum Gasteiger partial charge on any atom is -0.379 e. The number of nitrogens with one attached hydrogen (secondary N) is 2. The van der Waals surface area contributed by atoms with E-state index in [1.807, 2.05) is 0 Å². The number of carbonyl (C=O) groups is 2. The molecule has 2 aliphatic rings. The van der Waals surface area contributed by atoms with Crippen LogP contribution in [-0.2, 0) is 9.53 Å². The molecule has 1 saturated carbocycles. The van der Waals surface area contributed by atoms with Crippen LogP contribution in [0.4, 0.5) is 4.79 Å². The number of urea groups is 1. The highest BCUT2D eigenvalue weighted by atomic mass is 16.5. The minimum absolute atomic E-state index is 0.0535. The molecular weight excluding hydrogens is 308 g/mol. The maximum Gasteiger partial charge on any atom is 0.315 e. The van der Waals surface area contributed by atoms with E-state index in [2.05, 4.69) is 15.5 Å². The second kappa shape index (κ2) is 10.5. The number of rotatable bonds is 7. The van der Waals surface area contributed by atoms with Crippen molar-refractivity contribution in [1.82, 2.24) is 20.4 Å². The van der Waals surface area contributed by atoms with E-state index in [0.717, 1.165) is 45.7 Å². The summed E-state index contributed by atoms with van der Waals surface area (Å²) in [7, 11) is 0. The highest BCUT2D eigenvalue weighted by Gasteiger charge is 2.16. The van der Waals surface area contributed by atoms with E-state index < -0.39 is 0 Å². The Hall–Kier alpha value is -1.34. The van der Waals surface area contributed by atoms with E-state index in [4.69, 9.17) is 4.74 Å². The molecule has 0 atom stereocenters. The molecule has 1 aliphatic carbocycles. The van der Waals surface area contributed by atoms with Gasteiger partial charge in [-0.25, -0.2) is 4.79 Å². The lowest BCUT2D eigenvalue weighted by Gasteiger charge is -2.29. The van der Waals surface area contributed by atoms with Gasteiger partial charge in [0.1, 0.15) is 0 Å². The lowest BCUT2D eigenvalue weighted by molar-refractivity contribution is -0.129. The van der Waals surface area contributed by atoms with Crippen LogP contribution in [0.25, 0.3) is 0 Å². The minimum atomic E-state index is -0.112. The number of nitrogens with zero attached hydrogens (tertiary/aromatic N) is 2. The Labute approximate surface area is 145 Å². The smallest absolute Gasteiger partial charge is 0.315 e. The van der Waals surface area contributed by atoms with Crippen molar-refractivity contribution >= 4 is 11.9 Å². The zero-order valence-corrected chi connectivity index (χ0v) is 14.9. The van der Waals surface area contributed by atoms with Crippen LogP contribution in [0, 0.1) is 0 Å². The molecule has 1 saturated heterocycles. The largest absolute Gasteiger partial charge is 0.379 e. The molecule has 0 aromatic rings. The van der Waals surface area contributed by atoms with E-state index in [1.165, 1.54) is 19.3 Å². The molecule has 2 rings (SSSR count). The van der Waals surface area contributed by atoms with Crippen molar-refractivity contribution in [3.05, 3.63) is 0 Å². The molecule has 1 heterocycles. The van der Waals surface area contributed by atoms with Gasteiger partial charge in [0.25, 0.3) is 0 Å². The average molecular weight is 340 g/mol. The Kier molecular flexibility index (Phi) is 8.32. The van der Waals surface area contributed by atoms with Crippen LogP contribution in [-0.4, -0.2) is 80.3 Å². The van der Waals surface area contributed by atoms with Crippen molar-refractivity contribution < 1.29 is 14.3 Å². The fourth-order valence-corrected chi connectivity index (χ4v) is 3.30. The van der Waals surface area contributed by atoms with E-state index in [9.17, 15) is 9.59 Å². The summed E-state index contributed by atoms with van der Waals surface area (Å²) in [6.45, 7) is 7.56. The normalized spacial score (nSPS) is 19.7. The molecule has 3 amide bonds. The van der Waals surface area contributed by atoms with Crippen LogP contribution < -0.4 is 10.6 Å². The van der Waals surface area contributed by atoms with Crippen LogP contribution in [0.3, 0.4) is 0 Å². The molecule has 0 aromatic carbocycles. The lowest BCUT2D eigenvalue weighted by Crippen LogP contribution is -2.47. The number of amides is 3. The van der Waals surface area contributed by atoms with Gasteiger partial charge in [-0.05, 0) is 12.8 Å². The molecule has 0 aromatic heterocycles. The quantitative estimate of drug-likeness (QED) is 0.719. The van der Waals surface area contributed by atoms with Gasteiger partial charge < -0.3 is 20.3 Å². The standard InChI is InChI=1S/C17H32N4O3/c1-15(22)21(10-9-20-11-13-24-14-12-20)8-7-18-17(23)19-16-5-3-2-4-6-16/h16H,2-14H2,1H3,(H2,18,19,23). The summed E-state index contributed by atoms with van der Waals surface area (Å²) in [4.78, 5) is 27.8. The van der Waals surface area contributed by atoms with Gasteiger partial charge in [0.15, 0.2) is 0 Å².